The first-order chi connectivity index (χ1) is 9.22. The second kappa shape index (κ2) is 8.79. The van der Waals surface area contributed by atoms with Gasteiger partial charge >= 0.3 is 5.97 Å². The number of terminal acetylenes is 1. The van der Waals surface area contributed by atoms with Gasteiger partial charge in [-0.3, -0.25) is 4.79 Å². The van der Waals surface area contributed by atoms with E-state index in [-0.39, 0.29) is 11.5 Å². The van der Waals surface area contributed by atoms with E-state index in [1.165, 1.54) is 0 Å². The van der Waals surface area contributed by atoms with E-state index in [1.807, 2.05) is 12.2 Å². The summed E-state index contributed by atoms with van der Waals surface area (Å²) in [5.74, 6) is 2.20. The fraction of sp³-hybridized carbons (Fsp3) is 0.533. The molecule has 1 aliphatic rings. The molecule has 0 aromatic rings. The monoisotopic (exact) mass is 281 g/mol. The molecule has 0 spiro atoms. The Kier molecular flexibility index (Phi) is 7.32. The first kappa shape index (κ1) is 15.8. The minimum Gasteiger partial charge on any atom is -0.465 e. The van der Waals surface area contributed by atoms with Crippen LogP contribution in [0.2, 0.25) is 0 Å². The maximum Gasteiger partial charge on any atom is 0.307 e. The van der Waals surface area contributed by atoms with E-state index in [4.69, 9.17) is 22.9 Å². The molecular formula is C15H20ClNO2. The van der Waals surface area contributed by atoms with Crippen molar-refractivity contribution in [3.8, 4) is 12.3 Å². The summed E-state index contributed by atoms with van der Waals surface area (Å²) in [4.78, 5) is 14.5. The summed E-state index contributed by atoms with van der Waals surface area (Å²) >= 11 is 5.75. The Morgan fingerprint density at radius 1 is 1.42 bits per heavy atom. The molecule has 4 heteroatoms. The molecule has 1 N–H and O–H groups in total. The van der Waals surface area contributed by atoms with Crippen LogP contribution in [0.3, 0.4) is 0 Å². The van der Waals surface area contributed by atoms with Gasteiger partial charge in [-0.2, -0.15) is 0 Å². The first-order valence-corrected chi connectivity index (χ1v) is 6.91. The molecule has 1 fully saturated rings. The van der Waals surface area contributed by atoms with Gasteiger partial charge in [0.2, 0.25) is 0 Å². The maximum absolute atomic E-state index is 11.7. The molecule has 1 aliphatic carbocycles. The summed E-state index contributed by atoms with van der Waals surface area (Å²) in [6.07, 6.45) is 17.3. The van der Waals surface area contributed by atoms with Gasteiger partial charge in [-0.1, -0.05) is 37.0 Å². The first-order valence-electron chi connectivity index (χ1n) is 6.54. The molecule has 0 amide bonds. The van der Waals surface area contributed by atoms with E-state index >= 15 is 0 Å². The Morgan fingerprint density at radius 2 is 2.16 bits per heavy atom. The van der Waals surface area contributed by atoms with Gasteiger partial charge in [-0.25, -0.2) is 4.84 Å². The molecule has 1 saturated carbocycles. The van der Waals surface area contributed by atoms with Crippen molar-refractivity contribution in [2.45, 2.75) is 44.1 Å². The summed E-state index contributed by atoms with van der Waals surface area (Å²) in [6, 6.07) is 0. The second-order valence-electron chi connectivity index (χ2n) is 4.72. The highest BCUT2D eigenvalue weighted by Gasteiger charge is 2.35. The molecule has 104 valence electrons. The minimum atomic E-state index is -0.260. The summed E-state index contributed by atoms with van der Waals surface area (Å²) in [5, 5.41) is 0. The number of rotatable bonds is 7. The van der Waals surface area contributed by atoms with Gasteiger partial charge in [0.15, 0.2) is 0 Å². The Morgan fingerprint density at radius 3 is 2.79 bits per heavy atom. The van der Waals surface area contributed by atoms with Crippen molar-refractivity contribution in [2.75, 3.05) is 6.61 Å². The fourth-order valence-corrected chi connectivity index (χ4v) is 2.47. The normalized spacial score (nSPS) is 17.9. The van der Waals surface area contributed by atoms with Crippen molar-refractivity contribution in [1.82, 2.24) is 4.84 Å². The fourth-order valence-electron chi connectivity index (χ4n) is 2.21. The highest BCUT2D eigenvalue weighted by atomic mass is 35.5. The Labute approximate surface area is 120 Å². The second-order valence-corrected chi connectivity index (χ2v) is 4.91. The summed E-state index contributed by atoms with van der Waals surface area (Å²) in [5.41, 5.74) is -0.260. The Bertz CT molecular complexity index is 376. The number of carbonyl (C=O) groups excluding carboxylic acids is 1. The average Bonchev–Trinajstić information content (AvgIpc) is 2.87. The molecule has 0 heterocycles. The molecule has 0 atom stereocenters. The van der Waals surface area contributed by atoms with Crippen molar-refractivity contribution in [2.24, 2.45) is 0 Å². The largest absolute Gasteiger partial charge is 0.465 e. The molecule has 1 rings (SSSR count). The number of nitrogens with one attached hydrogen (secondary N) is 1. The molecule has 3 nitrogen and oxygen atoms in total. The number of hydrogen-bond acceptors (Lipinski definition) is 3. The van der Waals surface area contributed by atoms with Crippen LogP contribution in [-0.4, -0.2) is 18.1 Å². The Balaban J connectivity index is 2.19. The predicted molar refractivity (Wildman–Crippen MR) is 77.5 cm³/mol. The lowest BCUT2D eigenvalue weighted by Gasteiger charge is -2.25. The van der Waals surface area contributed by atoms with Gasteiger partial charge < -0.3 is 4.74 Å². The number of allylic oxidation sites excluding steroid dienone is 3. The standard InChI is InChI=1S/C15H20ClNO2/c1-2-3-4-5-6-9-12-19-14(18)13-15(17-16)10-7-8-11-15/h1,3-6,17H,7-13H2/b4-3-,6-5-. The molecule has 0 aromatic heterocycles. The Hall–Kier alpha value is -1.24. The molecule has 0 bridgehead atoms. The minimum absolute atomic E-state index is 0.192. The number of ether oxygens (including phenoxy) is 1. The number of esters is 1. The van der Waals surface area contributed by atoms with Crippen LogP contribution < -0.4 is 4.84 Å². The smallest absolute Gasteiger partial charge is 0.307 e. The topological polar surface area (TPSA) is 38.3 Å². The van der Waals surface area contributed by atoms with Crippen LogP contribution in [0.25, 0.3) is 0 Å². The van der Waals surface area contributed by atoms with Gasteiger partial charge in [0.25, 0.3) is 0 Å². The molecular weight excluding hydrogens is 262 g/mol. The van der Waals surface area contributed by atoms with Crippen LogP contribution in [-0.2, 0) is 9.53 Å². The van der Waals surface area contributed by atoms with Crippen molar-refractivity contribution in [3.63, 3.8) is 0 Å². The summed E-state index contributed by atoms with van der Waals surface area (Å²) in [7, 11) is 0. The summed E-state index contributed by atoms with van der Waals surface area (Å²) < 4.78 is 5.18. The highest BCUT2D eigenvalue weighted by molar-refractivity contribution is 6.14. The van der Waals surface area contributed by atoms with E-state index in [9.17, 15) is 4.79 Å². The van der Waals surface area contributed by atoms with Crippen molar-refractivity contribution in [1.29, 1.82) is 0 Å². The predicted octanol–water partition coefficient (Wildman–Crippen LogP) is 3.11. The number of carbonyl (C=O) groups is 1. The van der Waals surface area contributed by atoms with Gasteiger partial charge in [0, 0.05) is 5.54 Å². The van der Waals surface area contributed by atoms with Crippen LogP contribution in [0.1, 0.15) is 38.5 Å². The third kappa shape index (κ3) is 5.96. The van der Waals surface area contributed by atoms with E-state index in [0.717, 1.165) is 25.7 Å². The van der Waals surface area contributed by atoms with Gasteiger partial charge in [-0.15, -0.1) is 6.42 Å². The van der Waals surface area contributed by atoms with Crippen LogP contribution in [0.4, 0.5) is 0 Å². The van der Waals surface area contributed by atoms with E-state index in [2.05, 4.69) is 10.8 Å². The van der Waals surface area contributed by atoms with E-state index in [0.29, 0.717) is 19.4 Å². The number of hydrogen-bond donors (Lipinski definition) is 1. The zero-order chi connectivity index (χ0) is 14.0. The van der Waals surface area contributed by atoms with Crippen LogP contribution in [0, 0.1) is 12.3 Å². The van der Waals surface area contributed by atoms with Gasteiger partial charge in [0.05, 0.1) is 13.0 Å². The maximum atomic E-state index is 11.7. The molecule has 19 heavy (non-hydrogen) atoms. The molecule has 0 aliphatic heterocycles. The molecule has 0 radical (unpaired) electrons. The third-order valence-corrected chi connectivity index (χ3v) is 3.63. The molecule has 0 saturated heterocycles. The number of halogens is 1. The lowest BCUT2D eigenvalue weighted by Crippen LogP contribution is -2.39. The molecule has 0 aromatic carbocycles. The highest BCUT2D eigenvalue weighted by Crippen LogP contribution is 2.33. The SMILES string of the molecule is C#C/C=C\C=C/CCOC(=O)CC1(NCl)CCCC1. The average molecular weight is 282 g/mol. The van der Waals surface area contributed by atoms with Gasteiger partial charge in [-0.05, 0) is 37.1 Å². The van der Waals surface area contributed by atoms with E-state index < -0.39 is 0 Å². The summed E-state index contributed by atoms with van der Waals surface area (Å²) in [6.45, 7) is 0.387. The van der Waals surface area contributed by atoms with Crippen LogP contribution >= 0.6 is 11.8 Å². The van der Waals surface area contributed by atoms with Gasteiger partial charge in [0.1, 0.15) is 0 Å². The van der Waals surface area contributed by atoms with Crippen molar-refractivity contribution < 1.29 is 9.53 Å². The lowest BCUT2D eigenvalue weighted by molar-refractivity contribution is -0.145. The third-order valence-electron chi connectivity index (χ3n) is 3.23. The lowest BCUT2D eigenvalue weighted by atomic mass is 9.95. The zero-order valence-corrected chi connectivity index (χ0v) is 11.8. The quantitative estimate of drug-likeness (QED) is 0.256. The van der Waals surface area contributed by atoms with Crippen molar-refractivity contribution in [3.05, 3.63) is 24.3 Å². The molecule has 0 unspecified atom stereocenters. The van der Waals surface area contributed by atoms with E-state index in [1.54, 1.807) is 12.2 Å². The van der Waals surface area contributed by atoms with Crippen LogP contribution in [0.5, 0.6) is 0 Å². The van der Waals surface area contributed by atoms with Crippen molar-refractivity contribution >= 4 is 17.7 Å². The van der Waals surface area contributed by atoms with Crippen LogP contribution in [0.15, 0.2) is 24.3 Å². The zero-order valence-electron chi connectivity index (χ0n) is 11.0.